The van der Waals surface area contributed by atoms with Crippen LogP contribution < -0.4 is 10.6 Å². The summed E-state index contributed by atoms with van der Waals surface area (Å²) in [5, 5.41) is 2.68. The third kappa shape index (κ3) is 2.99. The molecule has 0 fully saturated rings. The first-order valence-electron chi connectivity index (χ1n) is 9.87. The lowest BCUT2D eigenvalue weighted by Crippen LogP contribution is -2.19. The lowest BCUT2D eigenvalue weighted by atomic mass is 9.94. The predicted molar refractivity (Wildman–Crippen MR) is 124 cm³/mol. The van der Waals surface area contributed by atoms with Crippen LogP contribution in [-0.4, -0.2) is 0 Å². The Labute approximate surface area is 171 Å². The Morgan fingerprint density at radius 3 is 1.93 bits per heavy atom. The Kier molecular flexibility index (Phi) is 4.54. The van der Waals surface area contributed by atoms with Gasteiger partial charge in [-0.3, -0.25) is 0 Å². The van der Waals surface area contributed by atoms with E-state index in [2.05, 4.69) is 42.5 Å². The van der Waals surface area contributed by atoms with Gasteiger partial charge in [0.15, 0.2) is 7.14 Å². The van der Waals surface area contributed by atoms with Gasteiger partial charge in [-0.1, -0.05) is 121 Å². The van der Waals surface area contributed by atoms with Crippen LogP contribution in [0.25, 0.3) is 11.4 Å². The maximum atomic E-state index is 15.2. The molecule has 140 valence electrons. The summed E-state index contributed by atoms with van der Waals surface area (Å²) < 4.78 is 15.2. The zero-order chi connectivity index (χ0) is 19.7. The Morgan fingerprint density at radius 1 is 0.621 bits per heavy atom. The highest BCUT2D eigenvalue weighted by Gasteiger charge is 2.37. The van der Waals surface area contributed by atoms with E-state index in [-0.39, 0.29) is 5.92 Å². The van der Waals surface area contributed by atoms with Gasteiger partial charge in [-0.2, -0.15) is 0 Å². The van der Waals surface area contributed by atoms with E-state index in [0.29, 0.717) is 0 Å². The molecule has 2 aliphatic rings. The molecule has 1 unspecified atom stereocenters. The number of benzene rings is 3. The van der Waals surface area contributed by atoms with E-state index < -0.39 is 7.14 Å². The quantitative estimate of drug-likeness (QED) is 0.487. The predicted octanol–water partition coefficient (Wildman–Crippen LogP) is 6.18. The summed E-state index contributed by atoms with van der Waals surface area (Å²) in [5.74, 6) is 0.114. The number of hydrogen-bond donors (Lipinski definition) is 0. The van der Waals surface area contributed by atoms with Crippen molar-refractivity contribution in [3.8, 4) is 0 Å². The van der Waals surface area contributed by atoms with E-state index in [0.717, 1.165) is 32.6 Å². The molecule has 0 N–H and O–H groups in total. The summed E-state index contributed by atoms with van der Waals surface area (Å²) in [5.41, 5.74) is 3.28. The second-order valence-electron chi connectivity index (χ2n) is 7.30. The molecule has 0 heterocycles. The van der Waals surface area contributed by atoms with Crippen LogP contribution in [0.15, 0.2) is 121 Å². The second-order valence-corrected chi connectivity index (χ2v) is 10.00. The van der Waals surface area contributed by atoms with Crippen LogP contribution in [0, 0.1) is 5.92 Å². The minimum absolute atomic E-state index is 0.114. The third-order valence-corrected chi connectivity index (χ3v) is 8.77. The second kappa shape index (κ2) is 7.35. The third-order valence-electron chi connectivity index (χ3n) is 5.59. The number of hydrogen-bond acceptors (Lipinski definition) is 1. The van der Waals surface area contributed by atoms with E-state index in [1.165, 1.54) is 0 Å². The van der Waals surface area contributed by atoms with Gasteiger partial charge in [-0.25, -0.2) is 0 Å². The maximum Gasteiger partial charge on any atom is 0.171 e. The van der Waals surface area contributed by atoms with Crippen LogP contribution in [0.2, 0.25) is 0 Å². The molecule has 0 spiro atoms. The fourth-order valence-electron chi connectivity index (χ4n) is 4.22. The molecule has 1 nitrogen and oxygen atoms in total. The smallest absolute Gasteiger partial charge is 0.171 e. The zero-order valence-electron chi connectivity index (χ0n) is 16.0. The van der Waals surface area contributed by atoms with Crippen LogP contribution in [0.3, 0.4) is 0 Å². The minimum atomic E-state index is -3.09. The normalized spacial score (nSPS) is 17.6. The van der Waals surface area contributed by atoms with Crippen molar-refractivity contribution in [3.05, 3.63) is 132 Å². The molecule has 3 aromatic carbocycles. The molecule has 3 aromatic rings. The van der Waals surface area contributed by atoms with Crippen molar-refractivity contribution in [2.24, 2.45) is 5.92 Å². The molecule has 2 heteroatoms. The van der Waals surface area contributed by atoms with E-state index in [1.807, 2.05) is 78.9 Å². The molecule has 0 bridgehead atoms. The van der Waals surface area contributed by atoms with Gasteiger partial charge in [0.25, 0.3) is 0 Å². The molecular formula is C27H21OP. The van der Waals surface area contributed by atoms with Gasteiger partial charge in [0.1, 0.15) is 0 Å². The number of fused-ring (bicyclic) bond motifs is 2. The van der Waals surface area contributed by atoms with Crippen LogP contribution >= 0.6 is 7.14 Å². The molecule has 0 amide bonds. The van der Waals surface area contributed by atoms with E-state index in [9.17, 15) is 0 Å². The highest BCUT2D eigenvalue weighted by atomic mass is 31.2. The van der Waals surface area contributed by atoms with E-state index in [1.54, 1.807) is 0 Å². The van der Waals surface area contributed by atoms with Gasteiger partial charge in [0, 0.05) is 21.8 Å². The molecular weight excluding hydrogens is 371 g/mol. The number of allylic oxidation sites excluding steroid dienone is 6. The lowest BCUT2D eigenvalue weighted by molar-refractivity contribution is 0.592. The van der Waals surface area contributed by atoms with Crippen LogP contribution in [0.1, 0.15) is 11.1 Å². The van der Waals surface area contributed by atoms with Crippen LogP contribution in [-0.2, 0) is 4.57 Å². The Morgan fingerprint density at radius 2 is 1.24 bits per heavy atom. The van der Waals surface area contributed by atoms with Crippen LogP contribution in [0.4, 0.5) is 0 Å². The van der Waals surface area contributed by atoms with Gasteiger partial charge in [-0.05, 0) is 16.7 Å². The molecule has 0 aromatic heterocycles. The average Bonchev–Trinajstić information content (AvgIpc) is 2.97. The lowest BCUT2D eigenvalue weighted by Gasteiger charge is -2.27. The highest BCUT2D eigenvalue weighted by Crippen LogP contribution is 2.60. The van der Waals surface area contributed by atoms with Gasteiger partial charge < -0.3 is 4.57 Å². The fourth-order valence-corrected chi connectivity index (χ4v) is 7.35. The summed E-state index contributed by atoms with van der Waals surface area (Å²) >= 11 is 0. The van der Waals surface area contributed by atoms with Crippen molar-refractivity contribution in [1.82, 2.24) is 0 Å². The summed E-state index contributed by atoms with van der Waals surface area (Å²) in [6, 6.07) is 28.2. The van der Waals surface area contributed by atoms with Crippen molar-refractivity contribution in [2.75, 3.05) is 0 Å². The van der Waals surface area contributed by atoms with E-state index in [4.69, 9.17) is 0 Å². The first-order chi connectivity index (χ1) is 14.3. The highest BCUT2D eigenvalue weighted by molar-refractivity contribution is 7.87. The Bertz CT molecular complexity index is 1170. The summed E-state index contributed by atoms with van der Waals surface area (Å²) in [6.45, 7) is 0. The summed E-state index contributed by atoms with van der Waals surface area (Å²) in [7, 11) is -3.09. The molecule has 5 rings (SSSR count). The monoisotopic (exact) mass is 392 g/mol. The SMILES string of the molecule is O=P(C1=C2C=CC=CC2C=Cc2ccccc21)(c1ccccc1)c1ccccc1. The summed E-state index contributed by atoms with van der Waals surface area (Å²) in [4.78, 5) is 0. The first-order valence-corrected chi connectivity index (χ1v) is 11.6. The molecule has 2 aliphatic carbocycles. The first kappa shape index (κ1) is 17.9. The molecule has 0 saturated heterocycles. The van der Waals surface area contributed by atoms with Crippen LogP contribution in [0.5, 0.6) is 0 Å². The molecule has 1 atom stereocenters. The van der Waals surface area contributed by atoms with E-state index >= 15 is 4.57 Å². The van der Waals surface area contributed by atoms with Gasteiger partial charge in [0.05, 0.1) is 0 Å². The standard InChI is InChI=1S/C27H21OP/c28-29(23-13-3-1-4-14-23,24-15-5-2-6-16-24)27-25-17-9-7-11-21(25)19-20-22-12-8-10-18-26(22)27/h1-21H. The Balaban J connectivity index is 1.91. The Hall–Kier alpha value is -3.15. The van der Waals surface area contributed by atoms with Gasteiger partial charge >= 0.3 is 0 Å². The van der Waals surface area contributed by atoms with Crippen molar-refractivity contribution >= 4 is 29.1 Å². The number of rotatable bonds is 3. The van der Waals surface area contributed by atoms with Crippen molar-refractivity contribution < 1.29 is 4.57 Å². The minimum Gasteiger partial charge on any atom is -0.309 e. The van der Waals surface area contributed by atoms with Crippen molar-refractivity contribution in [1.29, 1.82) is 0 Å². The van der Waals surface area contributed by atoms with Crippen molar-refractivity contribution in [2.45, 2.75) is 0 Å². The molecule has 29 heavy (non-hydrogen) atoms. The molecule has 0 saturated carbocycles. The fraction of sp³-hybridized carbons (Fsp3) is 0.0370. The largest absolute Gasteiger partial charge is 0.309 e. The average molecular weight is 392 g/mol. The summed E-state index contributed by atoms with van der Waals surface area (Å²) in [6.07, 6.45) is 12.8. The van der Waals surface area contributed by atoms with Gasteiger partial charge in [0.2, 0.25) is 0 Å². The maximum absolute atomic E-state index is 15.2. The molecule has 0 aliphatic heterocycles. The van der Waals surface area contributed by atoms with Crippen molar-refractivity contribution in [3.63, 3.8) is 0 Å². The molecule has 0 radical (unpaired) electrons. The topological polar surface area (TPSA) is 17.1 Å². The van der Waals surface area contributed by atoms with Gasteiger partial charge in [-0.15, -0.1) is 0 Å². The zero-order valence-corrected chi connectivity index (χ0v) is 16.9.